The van der Waals surface area contributed by atoms with Crippen molar-refractivity contribution in [2.75, 3.05) is 6.61 Å². The molecule has 1 aromatic heterocycles. The third-order valence-corrected chi connectivity index (χ3v) is 3.63. The van der Waals surface area contributed by atoms with Gasteiger partial charge >= 0.3 is 17.4 Å². The van der Waals surface area contributed by atoms with Crippen LogP contribution < -0.4 is 15.1 Å². The highest BCUT2D eigenvalue weighted by atomic mass is 16.8. The lowest BCUT2D eigenvalue weighted by Crippen LogP contribution is -2.47. The lowest BCUT2D eigenvalue weighted by atomic mass is 10.1. The zero-order chi connectivity index (χ0) is 15.9. The average Bonchev–Trinajstić information content (AvgIpc) is 2.88. The first-order chi connectivity index (χ1) is 10.5. The highest BCUT2D eigenvalue weighted by molar-refractivity contribution is 5.90. The summed E-state index contributed by atoms with van der Waals surface area (Å²) in [5, 5.41) is 0.734. The summed E-state index contributed by atoms with van der Waals surface area (Å²) in [6, 6.07) is 4.87. The van der Waals surface area contributed by atoms with E-state index in [2.05, 4.69) is 0 Å². The summed E-state index contributed by atoms with van der Waals surface area (Å²) in [6.07, 6.45) is 0.262. The summed E-state index contributed by atoms with van der Waals surface area (Å²) in [5.41, 5.74) is 0.567. The highest BCUT2D eigenvalue weighted by Crippen LogP contribution is 2.46. The summed E-state index contributed by atoms with van der Waals surface area (Å²) < 4.78 is 21.7. The van der Waals surface area contributed by atoms with Gasteiger partial charge in [-0.3, -0.25) is 0 Å². The van der Waals surface area contributed by atoms with E-state index in [0.29, 0.717) is 5.75 Å². The largest absolute Gasteiger partial charge is 0.460 e. The van der Waals surface area contributed by atoms with Crippen LogP contribution in [0, 0.1) is 6.92 Å². The molecule has 6 heteroatoms. The molecular weight excluding hydrogens is 288 g/mol. The second-order valence-electron chi connectivity index (χ2n) is 5.05. The van der Waals surface area contributed by atoms with Gasteiger partial charge in [-0.25, -0.2) is 9.59 Å². The standard InChI is InChI=1S/C16H16O6/c1-4-16(15(18)19-5-2)21-11-7-6-10-9(3)8-12(17)20-13(10)14(11)22-16/h6-8H,4-5H2,1-3H3. The maximum absolute atomic E-state index is 12.2. The molecular formula is C16H16O6. The summed E-state index contributed by atoms with van der Waals surface area (Å²) in [6.45, 7) is 5.49. The zero-order valence-electron chi connectivity index (χ0n) is 12.6. The number of aryl methyl sites for hydroxylation is 1. The summed E-state index contributed by atoms with van der Waals surface area (Å²) in [4.78, 5) is 23.8. The van der Waals surface area contributed by atoms with Gasteiger partial charge in [0.15, 0.2) is 11.3 Å². The van der Waals surface area contributed by atoms with Crippen molar-refractivity contribution in [3.05, 3.63) is 34.2 Å². The number of esters is 1. The molecule has 0 amide bonds. The van der Waals surface area contributed by atoms with E-state index in [1.54, 1.807) is 32.9 Å². The third kappa shape index (κ3) is 2.03. The fourth-order valence-corrected chi connectivity index (χ4v) is 2.49. The number of hydrogen-bond acceptors (Lipinski definition) is 6. The maximum atomic E-state index is 12.2. The second kappa shape index (κ2) is 5.05. The Kier molecular flexibility index (Phi) is 3.31. The minimum Gasteiger partial charge on any atom is -0.460 e. The molecule has 1 unspecified atom stereocenters. The van der Waals surface area contributed by atoms with Crippen LogP contribution in [-0.4, -0.2) is 18.4 Å². The first kappa shape index (κ1) is 14.4. The van der Waals surface area contributed by atoms with Crippen molar-refractivity contribution < 1.29 is 23.4 Å². The van der Waals surface area contributed by atoms with Gasteiger partial charge in [0.2, 0.25) is 5.75 Å². The SMILES string of the molecule is CCOC(=O)C1(CC)Oc2ccc3c(C)cc(=O)oc3c2O1. The minimum absolute atomic E-state index is 0.221. The normalized spacial score (nSPS) is 19.4. The number of rotatable bonds is 3. The summed E-state index contributed by atoms with van der Waals surface area (Å²) >= 11 is 0. The van der Waals surface area contributed by atoms with Crippen molar-refractivity contribution in [3.8, 4) is 11.5 Å². The van der Waals surface area contributed by atoms with E-state index in [0.717, 1.165) is 10.9 Å². The molecule has 0 saturated heterocycles. The lowest BCUT2D eigenvalue weighted by Gasteiger charge is -2.23. The van der Waals surface area contributed by atoms with Crippen molar-refractivity contribution in [1.29, 1.82) is 0 Å². The fraction of sp³-hybridized carbons (Fsp3) is 0.375. The summed E-state index contributed by atoms with van der Waals surface area (Å²) in [7, 11) is 0. The van der Waals surface area contributed by atoms with Crippen molar-refractivity contribution in [1.82, 2.24) is 0 Å². The number of fused-ring (bicyclic) bond motifs is 3. The Morgan fingerprint density at radius 1 is 1.27 bits per heavy atom. The quantitative estimate of drug-likeness (QED) is 0.641. The molecule has 3 rings (SSSR count). The van der Waals surface area contributed by atoms with E-state index < -0.39 is 17.4 Å². The predicted molar refractivity (Wildman–Crippen MR) is 78.1 cm³/mol. The van der Waals surface area contributed by atoms with Crippen LogP contribution in [0.5, 0.6) is 11.5 Å². The average molecular weight is 304 g/mol. The Balaban J connectivity index is 2.15. The Bertz CT molecular complexity index is 806. The number of benzene rings is 1. The van der Waals surface area contributed by atoms with Gasteiger partial charge in [-0.1, -0.05) is 6.92 Å². The van der Waals surface area contributed by atoms with Gasteiger partial charge in [0, 0.05) is 17.9 Å². The third-order valence-electron chi connectivity index (χ3n) is 3.63. The molecule has 0 N–H and O–H groups in total. The maximum Gasteiger partial charge on any atom is 0.392 e. The van der Waals surface area contributed by atoms with Gasteiger partial charge in [-0.05, 0) is 31.5 Å². The Morgan fingerprint density at radius 3 is 2.73 bits per heavy atom. The van der Waals surface area contributed by atoms with Crippen LogP contribution in [0.4, 0.5) is 0 Å². The first-order valence-corrected chi connectivity index (χ1v) is 7.13. The van der Waals surface area contributed by atoms with Crippen LogP contribution in [0.3, 0.4) is 0 Å². The van der Waals surface area contributed by atoms with Crippen molar-refractivity contribution in [2.24, 2.45) is 0 Å². The van der Waals surface area contributed by atoms with Crippen molar-refractivity contribution >= 4 is 16.9 Å². The molecule has 1 aliphatic heterocycles. The van der Waals surface area contributed by atoms with Crippen LogP contribution >= 0.6 is 0 Å². The van der Waals surface area contributed by atoms with E-state index >= 15 is 0 Å². The molecule has 1 aromatic carbocycles. The smallest absolute Gasteiger partial charge is 0.392 e. The molecule has 2 heterocycles. The minimum atomic E-state index is -1.53. The Morgan fingerprint density at radius 2 is 2.05 bits per heavy atom. The van der Waals surface area contributed by atoms with Crippen LogP contribution in [0.1, 0.15) is 25.8 Å². The van der Waals surface area contributed by atoms with E-state index in [1.165, 1.54) is 6.07 Å². The van der Waals surface area contributed by atoms with Crippen LogP contribution in [-0.2, 0) is 9.53 Å². The van der Waals surface area contributed by atoms with E-state index in [1.807, 2.05) is 0 Å². The van der Waals surface area contributed by atoms with E-state index in [4.69, 9.17) is 18.6 Å². The second-order valence-corrected chi connectivity index (χ2v) is 5.05. The number of hydrogen-bond donors (Lipinski definition) is 0. The summed E-state index contributed by atoms with van der Waals surface area (Å²) in [5.74, 6) is -1.52. The van der Waals surface area contributed by atoms with Crippen LogP contribution in [0.2, 0.25) is 0 Å². The molecule has 1 aliphatic rings. The van der Waals surface area contributed by atoms with Gasteiger partial charge in [0.1, 0.15) is 0 Å². The molecule has 0 fully saturated rings. The molecule has 6 nitrogen and oxygen atoms in total. The first-order valence-electron chi connectivity index (χ1n) is 7.13. The molecule has 0 saturated carbocycles. The zero-order valence-corrected chi connectivity index (χ0v) is 12.6. The number of carbonyl (C=O) groups excluding carboxylic acids is 1. The number of carbonyl (C=O) groups is 1. The molecule has 116 valence electrons. The van der Waals surface area contributed by atoms with Crippen LogP contribution in [0.25, 0.3) is 11.0 Å². The predicted octanol–water partition coefficient (Wildman–Crippen LogP) is 2.54. The van der Waals surface area contributed by atoms with Crippen LogP contribution in [0.15, 0.2) is 27.4 Å². The molecule has 1 atom stereocenters. The molecule has 0 spiro atoms. The molecule has 0 radical (unpaired) electrons. The van der Waals surface area contributed by atoms with Gasteiger partial charge < -0.3 is 18.6 Å². The topological polar surface area (TPSA) is 75.0 Å². The fourth-order valence-electron chi connectivity index (χ4n) is 2.49. The van der Waals surface area contributed by atoms with Gasteiger partial charge in [-0.15, -0.1) is 0 Å². The van der Waals surface area contributed by atoms with Crippen molar-refractivity contribution in [3.63, 3.8) is 0 Å². The molecule has 0 aliphatic carbocycles. The van der Waals surface area contributed by atoms with E-state index in [-0.39, 0.29) is 24.4 Å². The molecule has 22 heavy (non-hydrogen) atoms. The Labute approximate surface area is 126 Å². The molecule has 2 aromatic rings. The van der Waals surface area contributed by atoms with Gasteiger partial charge in [-0.2, -0.15) is 0 Å². The lowest BCUT2D eigenvalue weighted by molar-refractivity contribution is -0.184. The van der Waals surface area contributed by atoms with Gasteiger partial charge in [0.25, 0.3) is 0 Å². The Hall–Kier alpha value is -2.50. The van der Waals surface area contributed by atoms with Crippen molar-refractivity contribution in [2.45, 2.75) is 33.0 Å². The highest BCUT2D eigenvalue weighted by Gasteiger charge is 2.50. The van der Waals surface area contributed by atoms with Gasteiger partial charge in [0.05, 0.1) is 6.61 Å². The molecule has 0 bridgehead atoms. The monoisotopic (exact) mass is 304 g/mol. The number of ether oxygens (including phenoxy) is 3. The van der Waals surface area contributed by atoms with E-state index in [9.17, 15) is 9.59 Å².